The molecule has 0 aromatic heterocycles. The molecule has 0 saturated heterocycles. The molecule has 0 bridgehead atoms. The summed E-state index contributed by atoms with van der Waals surface area (Å²) in [5.41, 5.74) is 1.77. The molecule has 1 radical (unpaired) electrons. The molecule has 2 heterocycles. The highest BCUT2D eigenvalue weighted by Gasteiger charge is 2.12. The summed E-state index contributed by atoms with van der Waals surface area (Å²) < 4.78 is 4.97. The second-order valence-electron chi connectivity index (χ2n) is 1.80. The van der Waals surface area contributed by atoms with E-state index >= 15 is 0 Å². The van der Waals surface area contributed by atoms with Gasteiger partial charge < -0.3 is 4.74 Å². The third-order valence-electron chi connectivity index (χ3n) is 1.22. The van der Waals surface area contributed by atoms with Gasteiger partial charge in [-0.05, 0) is 6.08 Å². The summed E-state index contributed by atoms with van der Waals surface area (Å²) in [6.45, 7) is 0.617. The first-order chi connectivity index (χ1) is 4.47. The van der Waals surface area contributed by atoms with Gasteiger partial charge in [0.1, 0.15) is 24.9 Å². The molecule has 0 amide bonds. The van der Waals surface area contributed by atoms with Gasteiger partial charge in [0.2, 0.25) is 0 Å². The number of hydrogen-bond donors (Lipinski definition) is 0. The van der Waals surface area contributed by atoms with Crippen LogP contribution in [0.25, 0.3) is 0 Å². The van der Waals surface area contributed by atoms with E-state index in [2.05, 4.69) is 10.3 Å². The lowest BCUT2D eigenvalue weighted by Crippen LogP contribution is -2.01. The number of rotatable bonds is 0. The minimum atomic E-state index is 0.617. The molecule has 0 spiro atoms. The van der Waals surface area contributed by atoms with E-state index < -0.39 is 0 Å². The number of aliphatic imine (C=N–C) groups is 1. The van der Waals surface area contributed by atoms with E-state index in [1.165, 1.54) is 6.34 Å². The van der Waals surface area contributed by atoms with Crippen LogP contribution in [-0.4, -0.2) is 12.9 Å². The molecular formula is C6H5N2O. The van der Waals surface area contributed by atoms with Gasteiger partial charge in [0.05, 0.1) is 5.70 Å². The fraction of sp³-hybridized carbons (Fsp3) is 0.167. The van der Waals surface area contributed by atoms with Crippen LogP contribution in [0.2, 0.25) is 0 Å². The lowest BCUT2D eigenvalue weighted by atomic mass is 10.3. The van der Waals surface area contributed by atoms with Crippen molar-refractivity contribution in [3.63, 3.8) is 0 Å². The molecule has 9 heavy (non-hydrogen) atoms. The maximum absolute atomic E-state index is 4.97. The molecule has 0 aromatic carbocycles. The molecule has 2 rings (SSSR count). The molecule has 0 atom stereocenters. The zero-order valence-electron chi connectivity index (χ0n) is 4.74. The lowest BCUT2D eigenvalue weighted by Gasteiger charge is -2.04. The van der Waals surface area contributed by atoms with Crippen LogP contribution in [0.3, 0.4) is 0 Å². The Balaban J connectivity index is 2.38. The Labute approximate surface area is 52.7 Å². The number of fused-ring (bicyclic) bond motifs is 1. The Morgan fingerprint density at radius 3 is 3.33 bits per heavy atom. The summed E-state index contributed by atoms with van der Waals surface area (Å²) in [4.78, 5) is 3.93. The predicted molar refractivity (Wildman–Crippen MR) is 32.7 cm³/mol. The highest BCUT2D eigenvalue weighted by molar-refractivity contribution is 5.67. The molecule has 0 aromatic rings. The largest absolute Gasteiger partial charge is 0.495 e. The highest BCUT2D eigenvalue weighted by Crippen LogP contribution is 2.16. The monoisotopic (exact) mass is 121 g/mol. The summed E-state index contributed by atoms with van der Waals surface area (Å²) in [6.07, 6.45) is 5.07. The van der Waals surface area contributed by atoms with Crippen molar-refractivity contribution >= 4 is 6.34 Å². The van der Waals surface area contributed by atoms with E-state index in [4.69, 9.17) is 4.74 Å². The van der Waals surface area contributed by atoms with Gasteiger partial charge in [-0.2, -0.15) is 0 Å². The van der Waals surface area contributed by atoms with Crippen LogP contribution in [0.5, 0.6) is 0 Å². The van der Waals surface area contributed by atoms with Crippen molar-refractivity contribution in [2.45, 2.75) is 0 Å². The van der Waals surface area contributed by atoms with Crippen molar-refractivity contribution in [1.82, 2.24) is 5.32 Å². The fourth-order valence-electron chi connectivity index (χ4n) is 0.788. The van der Waals surface area contributed by atoms with Crippen molar-refractivity contribution in [1.29, 1.82) is 0 Å². The average Bonchev–Trinajstić information content (AvgIpc) is 2.33. The van der Waals surface area contributed by atoms with Crippen LogP contribution in [0.1, 0.15) is 0 Å². The van der Waals surface area contributed by atoms with Gasteiger partial charge in [0.15, 0.2) is 0 Å². The summed E-state index contributed by atoms with van der Waals surface area (Å²) in [5.74, 6) is 0. The Morgan fingerprint density at radius 2 is 2.44 bits per heavy atom. The predicted octanol–water partition coefficient (Wildman–Crippen LogP) is 0.388. The third kappa shape index (κ3) is 0.614. The molecule has 2 aliphatic rings. The Bertz CT molecular complexity index is 215. The van der Waals surface area contributed by atoms with Crippen molar-refractivity contribution in [2.75, 3.05) is 6.61 Å². The molecule has 3 nitrogen and oxygen atoms in total. The van der Waals surface area contributed by atoms with Gasteiger partial charge >= 0.3 is 0 Å². The maximum atomic E-state index is 4.97. The molecule has 3 heteroatoms. The van der Waals surface area contributed by atoms with Gasteiger partial charge in [-0.1, -0.05) is 0 Å². The van der Waals surface area contributed by atoms with E-state index in [-0.39, 0.29) is 0 Å². The van der Waals surface area contributed by atoms with Gasteiger partial charge in [0.25, 0.3) is 0 Å². The Hall–Kier alpha value is -1.25. The minimum absolute atomic E-state index is 0.617. The van der Waals surface area contributed by atoms with Crippen LogP contribution in [0, 0.1) is 0 Å². The van der Waals surface area contributed by atoms with E-state index in [0.717, 1.165) is 11.4 Å². The van der Waals surface area contributed by atoms with Crippen LogP contribution in [0.15, 0.2) is 28.7 Å². The summed E-state index contributed by atoms with van der Waals surface area (Å²) in [7, 11) is 0. The first-order valence-electron chi connectivity index (χ1n) is 2.72. The van der Waals surface area contributed by atoms with Crippen LogP contribution >= 0.6 is 0 Å². The van der Waals surface area contributed by atoms with Crippen molar-refractivity contribution < 1.29 is 4.74 Å². The molecule has 0 unspecified atom stereocenters. The standard InChI is InChI=1S/C6H5N2O/c1-2-9-3-6-5(1)7-4-8-6/h1,3-4H,2H2. The molecule has 0 saturated carbocycles. The molecular weight excluding hydrogens is 116 g/mol. The van der Waals surface area contributed by atoms with Crippen LogP contribution in [-0.2, 0) is 4.74 Å². The summed E-state index contributed by atoms with van der Waals surface area (Å²) >= 11 is 0. The van der Waals surface area contributed by atoms with E-state index in [1.54, 1.807) is 6.26 Å². The molecule has 0 N–H and O–H groups in total. The second kappa shape index (κ2) is 1.62. The molecule has 2 aliphatic heterocycles. The minimum Gasteiger partial charge on any atom is -0.495 e. The second-order valence-corrected chi connectivity index (χ2v) is 1.80. The normalized spacial score (nSPS) is 21.3. The maximum Gasteiger partial charge on any atom is 0.125 e. The van der Waals surface area contributed by atoms with Gasteiger partial charge in [-0.25, -0.2) is 10.3 Å². The van der Waals surface area contributed by atoms with E-state index in [0.29, 0.717) is 6.61 Å². The quantitative estimate of drug-likeness (QED) is 0.456. The van der Waals surface area contributed by atoms with Crippen molar-refractivity contribution in [3.05, 3.63) is 23.7 Å². The SMILES string of the molecule is C1=NC2=COCC=C2[N]1. The topological polar surface area (TPSA) is 35.7 Å². The molecule has 45 valence electrons. The van der Waals surface area contributed by atoms with Crippen LogP contribution in [0.4, 0.5) is 0 Å². The third-order valence-corrected chi connectivity index (χ3v) is 1.22. The first kappa shape index (κ1) is 4.61. The summed E-state index contributed by atoms with van der Waals surface area (Å²) in [5, 5.41) is 3.98. The summed E-state index contributed by atoms with van der Waals surface area (Å²) in [6, 6.07) is 0. The Kier molecular flexibility index (Phi) is 0.828. The molecule has 0 aliphatic carbocycles. The van der Waals surface area contributed by atoms with E-state index in [1.807, 2.05) is 6.08 Å². The van der Waals surface area contributed by atoms with E-state index in [9.17, 15) is 0 Å². The zero-order valence-corrected chi connectivity index (χ0v) is 4.74. The van der Waals surface area contributed by atoms with Crippen molar-refractivity contribution in [2.24, 2.45) is 4.99 Å². The number of nitrogens with zero attached hydrogens (tertiary/aromatic N) is 2. The van der Waals surface area contributed by atoms with Gasteiger partial charge in [0, 0.05) is 0 Å². The fourth-order valence-corrected chi connectivity index (χ4v) is 0.788. The molecule has 0 fully saturated rings. The number of hydrogen-bond acceptors (Lipinski definition) is 2. The average molecular weight is 121 g/mol. The van der Waals surface area contributed by atoms with Gasteiger partial charge in [-0.3, -0.25) is 0 Å². The van der Waals surface area contributed by atoms with Gasteiger partial charge in [-0.15, -0.1) is 0 Å². The van der Waals surface area contributed by atoms with Crippen molar-refractivity contribution in [3.8, 4) is 0 Å². The lowest BCUT2D eigenvalue weighted by molar-refractivity contribution is 0.280. The highest BCUT2D eigenvalue weighted by atomic mass is 16.5. The Morgan fingerprint density at radius 1 is 1.44 bits per heavy atom. The smallest absolute Gasteiger partial charge is 0.125 e. The zero-order chi connectivity index (χ0) is 6.10. The van der Waals surface area contributed by atoms with Crippen LogP contribution < -0.4 is 5.32 Å². The number of ether oxygens (including phenoxy) is 1. The first-order valence-corrected chi connectivity index (χ1v) is 2.72.